The number of methoxy groups -OCH3 is 1. The normalized spacial score (nSPS) is 39.4. The largest absolute Gasteiger partial charge is 0.480 e. The van der Waals surface area contributed by atoms with Crippen LogP contribution in [0.15, 0.2) is 0 Å². The highest BCUT2D eigenvalue weighted by molar-refractivity contribution is 5.78. The molecule has 0 bridgehead atoms. The summed E-state index contributed by atoms with van der Waals surface area (Å²) in [4.78, 5) is 13.7. The number of likely N-dealkylation sites (tertiary alicyclic amines) is 1. The van der Waals surface area contributed by atoms with Crippen LogP contribution in [0.25, 0.3) is 0 Å². The highest BCUT2D eigenvalue weighted by Crippen LogP contribution is 2.36. The molecule has 0 aromatic heterocycles. The fourth-order valence-corrected chi connectivity index (χ4v) is 3.39. The summed E-state index contributed by atoms with van der Waals surface area (Å²) in [6.45, 7) is 2.82. The third-order valence-electron chi connectivity index (χ3n) is 4.58. The van der Waals surface area contributed by atoms with Gasteiger partial charge in [-0.3, -0.25) is 9.69 Å². The molecule has 98 valence electrons. The number of hydrogen-bond acceptors (Lipinski definition) is 3. The lowest BCUT2D eigenvalue weighted by atomic mass is 9.89. The number of aliphatic carboxylic acids is 1. The second kappa shape index (κ2) is 4.94. The molecule has 4 heteroatoms. The smallest absolute Gasteiger partial charge is 0.323 e. The fourth-order valence-electron chi connectivity index (χ4n) is 3.39. The molecule has 1 saturated heterocycles. The molecule has 0 radical (unpaired) electrons. The summed E-state index contributed by atoms with van der Waals surface area (Å²) in [5, 5.41) is 9.41. The van der Waals surface area contributed by atoms with Crippen LogP contribution in [0.2, 0.25) is 0 Å². The van der Waals surface area contributed by atoms with E-state index in [4.69, 9.17) is 4.74 Å². The van der Waals surface area contributed by atoms with Crippen LogP contribution in [0.4, 0.5) is 0 Å². The molecule has 0 aromatic carbocycles. The third-order valence-corrected chi connectivity index (χ3v) is 4.58. The van der Waals surface area contributed by atoms with E-state index in [1.54, 1.807) is 7.11 Å². The average molecular weight is 241 g/mol. The van der Waals surface area contributed by atoms with Gasteiger partial charge in [-0.15, -0.1) is 0 Å². The van der Waals surface area contributed by atoms with Crippen LogP contribution in [0.5, 0.6) is 0 Å². The number of carbonyl (C=O) groups is 1. The maximum Gasteiger partial charge on any atom is 0.323 e. The van der Waals surface area contributed by atoms with Crippen molar-refractivity contribution in [2.24, 2.45) is 0 Å². The van der Waals surface area contributed by atoms with Gasteiger partial charge in [0.05, 0.1) is 6.10 Å². The maximum absolute atomic E-state index is 11.4. The number of carboxylic acid groups (broad SMARTS) is 1. The zero-order chi connectivity index (χ0) is 12.5. The summed E-state index contributed by atoms with van der Waals surface area (Å²) in [5.74, 6) is -0.663. The fraction of sp³-hybridized carbons (Fsp3) is 0.923. The second-order valence-corrected chi connectivity index (χ2v) is 5.54. The van der Waals surface area contributed by atoms with Crippen LogP contribution in [-0.2, 0) is 9.53 Å². The van der Waals surface area contributed by atoms with Gasteiger partial charge in [0.15, 0.2) is 0 Å². The minimum Gasteiger partial charge on any atom is -0.480 e. The molecule has 17 heavy (non-hydrogen) atoms. The van der Waals surface area contributed by atoms with Gasteiger partial charge in [-0.1, -0.05) is 0 Å². The molecule has 1 unspecified atom stereocenters. The van der Waals surface area contributed by atoms with Gasteiger partial charge in [0.1, 0.15) is 5.54 Å². The lowest BCUT2D eigenvalue weighted by molar-refractivity contribution is -0.150. The van der Waals surface area contributed by atoms with Gasteiger partial charge >= 0.3 is 5.97 Å². The average Bonchev–Trinajstić information content (AvgIpc) is 2.73. The highest BCUT2D eigenvalue weighted by Gasteiger charge is 2.46. The van der Waals surface area contributed by atoms with Gasteiger partial charge in [-0.05, 0) is 52.0 Å². The van der Waals surface area contributed by atoms with Crippen molar-refractivity contribution in [2.75, 3.05) is 13.7 Å². The molecule has 0 aromatic rings. The molecule has 1 atom stereocenters. The number of rotatable bonds is 3. The minimum absolute atomic E-state index is 0.380. The molecule has 1 aliphatic heterocycles. The molecule has 4 nitrogen and oxygen atoms in total. The van der Waals surface area contributed by atoms with Crippen molar-refractivity contribution in [3.8, 4) is 0 Å². The van der Waals surface area contributed by atoms with Gasteiger partial charge in [-0.25, -0.2) is 0 Å². The Morgan fingerprint density at radius 2 is 2.00 bits per heavy atom. The number of carboxylic acids is 1. The Kier molecular flexibility index (Phi) is 3.73. The summed E-state index contributed by atoms with van der Waals surface area (Å²) >= 11 is 0. The van der Waals surface area contributed by atoms with Crippen molar-refractivity contribution < 1.29 is 14.6 Å². The lowest BCUT2D eigenvalue weighted by Crippen LogP contribution is -2.53. The topological polar surface area (TPSA) is 49.8 Å². The molecule has 0 amide bonds. The Labute approximate surface area is 103 Å². The van der Waals surface area contributed by atoms with Crippen LogP contribution in [0.3, 0.4) is 0 Å². The zero-order valence-electron chi connectivity index (χ0n) is 10.8. The third kappa shape index (κ3) is 2.33. The van der Waals surface area contributed by atoms with Crippen LogP contribution < -0.4 is 0 Å². The van der Waals surface area contributed by atoms with Gasteiger partial charge in [0, 0.05) is 13.2 Å². The van der Waals surface area contributed by atoms with E-state index in [1.165, 1.54) is 0 Å². The molecule has 0 spiro atoms. The van der Waals surface area contributed by atoms with Crippen LogP contribution in [-0.4, -0.2) is 47.3 Å². The summed E-state index contributed by atoms with van der Waals surface area (Å²) < 4.78 is 5.37. The van der Waals surface area contributed by atoms with Crippen LogP contribution in [0, 0.1) is 0 Å². The number of nitrogens with zero attached hydrogens (tertiary/aromatic N) is 1. The molecule has 2 fully saturated rings. The van der Waals surface area contributed by atoms with E-state index in [2.05, 4.69) is 4.90 Å². The standard InChI is InChI=1S/C13H23NO3/c1-13(12(15)16)8-3-9-14(13)10-4-6-11(17-2)7-5-10/h10-11H,3-9H2,1-2H3,(H,15,16). The quantitative estimate of drug-likeness (QED) is 0.819. The van der Waals surface area contributed by atoms with Gasteiger partial charge in [-0.2, -0.15) is 0 Å². The van der Waals surface area contributed by atoms with Crippen molar-refractivity contribution in [1.82, 2.24) is 4.90 Å². The Morgan fingerprint density at radius 3 is 2.53 bits per heavy atom. The van der Waals surface area contributed by atoms with Gasteiger partial charge in [0.2, 0.25) is 0 Å². The summed E-state index contributed by atoms with van der Waals surface area (Å²) in [6.07, 6.45) is 6.44. The summed E-state index contributed by atoms with van der Waals surface area (Å²) in [7, 11) is 1.77. The Morgan fingerprint density at radius 1 is 1.35 bits per heavy atom. The Hall–Kier alpha value is -0.610. The van der Waals surface area contributed by atoms with E-state index in [0.29, 0.717) is 12.1 Å². The van der Waals surface area contributed by atoms with Gasteiger partial charge < -0.3 is 9.84 Å². The Bertz CT molecular complexity index is 286. The molecule has 1 heterocycles. The summed E-state index contributed by atoms with van der Waals surface area (Å²) in [5.41, 5.74) is -0.634. The first kappa shape index (κ1) is 12.8. The SMILES string of the molecule is COC1CCC(N2CCCC2(C)C(=O)O)CC1. The maximum atomic E-state index is 11.4. The molecular formula is C13H23NO3. The van der Waals surface area contributed by atoms with Crippen molar-refractivity contribution in [2.45, 2.75) is 63.1 Å². The minimum atomic E-state index is -0.663. The van der Waals surface area contributed by atoms with Gasteiger partial charge in [0.25, 0.3) is 0 Å². The van der Waals surface area contributed by atoms with Crippen molar-refractivity contribution in [3.05, 3.63) is 0 Å². The van der Waals surface area contributed by atoms with Crippen molar-refractivity contribution >= 4 is 5.97 Å². The van der Waals surface area contributed by atoms with E-state index in [1.807, 2.05) is 6.92 Å². The highest BCUT2D eigenvalue weighted by atomic mass is 16.5. The van der Waals surface area contributed by atoms with E-state index in [-0.39, 0.29) is 0 Å². The van der Waals surface area contributed by atoms with Crippen molar-refractivity contribution in [1.29, 1.82) is 0 Å². The predicted molar refractivity (Wildman–Crippen MR) is 65.0 cm³/mol. The molecule has 1 saturated carbocycles. The molecule has 2 aliphatic rings. The monoisotopic (exact) mass is 241 g/mol. The first-order chi connectivity index (χ1) is 8.08. The number of ether oxygens (including phenoxy) is 1. The van der Waals surface area contributed by atoms with E-state index in [0.717, 1.165) is 45.1 Å². The zero-order valence-corrected chi connectivity index (χ0v) is 10.8. The molecule has 2 rings (SSSR count). The first-order valence-corrected chi connectivity index (χ1v) is 6.61. The first-order valence-electron chi connectivity index (χ1n) is 6.61. The second-order valence-electron chi connectivity index (χ2n) is 5.54. The lowest BCUT2D eigenvalue weighted by Gasteiger charge is -2.41. The van der Waals surface area contributed by atoms with Crippen LogP contribution >= 0.6 is 0 Å². The molecule has 1 aliphatic carbocycles. The Balaban J connectivity index is 2.00. The summed E-state index contributed by atoms with van der Waals surface area (Å²) in [6, 6.07) is 0.435. The number of hydrogen-bond donors (Lipinski definition) is 1. The predicted octanol–water partition coefficient (Wildman–Crippen LogP) is 1.88. The van der Waals surface area contributed by atoms with E-state index in [9.17, 15) is 9.90 Å². The van der Waals surface area contributed by atoms with Crippen LogP contribution in [0.1, 0.15) is 45.4 Å². The van der Waals surface area contributed by atoms with E-state index < -0.39 is 11.5 Å². The molecular weight excluding hydrogens is 218 g/mol. The van der Waals surface area contributed by atoms with E-state index >= 15 is 0 Å². The van der Waals surface area contributed by atoms with Crippen molar-refractivity contribution in [3.63, 3.8) is 0 Å². The molecule has 1 N–H and O–H groups in total.